The second kappa shape index (κ2) is 1.70. The van der Waals surface area contributed by atoms with Gasteiger partial charge in [0.1, 0.15) is 17.5 Å². The lowest BCUT2D eigenvalue weighted by atomic mass is 10.5. The monoisotopic (exact) mass is 135 g/mol. The van der Waals surface area contributed by atoms with Crippen LogP contribution in [-0.4, -0.2) is 16.7 Å². The predicted molar refractivity (Wildman–Crippen MR) is 37.6 cm³/mol. The Bertz CT molecular complexity index is 360. The summed E-state index contributed by atoms with van der Waals surface area (Å²) in [5, 5.41) is 0. The van der Waals surface area contributed by atoms with E-state index in [1.807, 2.05) is 0 Å². The number of H-pyrrole nitrogens is 1. The van der Waals surface area contributed by atoms with Crippen molar-refractivity contribution >= 4 is 23.6 Å². The van der Waals surface area contributed by atoms with Gasteiger partial charge in [-0.15, -0.1) is 0 Å². The predicted octanol–water partition coefficient (Wildman–Crippen LogP) is 1.49. The Balaban J connectivity index is 2.88. The highest BCUT2D eigenvalue weighted by atomic mass is 16.3. The van der Waals surface area contributed by atoms with E-state index in [4.69, 9.17) is 4.42 Å². The smallest absolute Gasteiger partial charge is 0.246 e. The standard InChI is InChI=1S/C6H5N3O/c1-7-4-2-10-6-5(4)8-3-9-6/h2-3H,1H2,(H,8,9). The number of hydrogen-bond donors (Lipinski definition) is 1. The van der Waals surface area contributed by atoms with Gasteiger partial charge in [-0.05, 0) is 6.72 Å². The number of furan rings is 1. The SMILES string of the molecule is C=Nc1coc2nc[nH]c12. The van der Waals surface area contributed by atoms with E-state index in [2.05, 4.69) is 21.7 Å². The average molecular weight is 135 g/mol. The van der Waals surface area contributed by atoms with Crippen LogP contribution >= 0.6 is 0 Å². The van der Waals surface area contributed by atoms with E-state index < -0.39 is 0 Å². The van der Waals surface area contributed by atoms with Gasteiger partial charge in [0, 0.05) is 0 Å². The molecule has 0 aliphatic carbocycles. The normalized spacial score (nSPS) is 10.4. The van der Waals surface area contributed by atoms with Crippen LogP contribution in [0.2, 0.25) is 0 Å². The van der Waals surface area contributed by atoms with E-state index in [0.717, 1.165) is 5.52 Å². The first-order valence-electron chi connectivity index (χ1n) is 2.79. The molecular weight excluding hydrogens is 130 g/mol. The largest absolute Gasteiger partial charge is 0.443 e. The molecule has 0 atom stereocenters. The second-order valence-corrected chi connectivity index (χ2v) is 1.86. The number of nitrogens with zero attached hydrogens (tertiary/aromatic N) is 2. The van der Waals surface area contributed by atoms with E-state index in [-0.39, 0.29) is 0 Å². The highest BCUT2D eigenvalue weighted by Crippen LogP contribution is 2.23. The minimum absolute atomic E-state index is 0.572. The third-order valence-electron chi connectivity index (χ3n) is 1.31. The summed E-state index contributed by atoms with van der Waals surface area (Å²) in [4.78, 5) is 10.5. The summed E-state index contributed by atoms with van der Waals surface area (Å²) in [6, 6.07) is 0. The summed E-state index contributed by atoms with van der Waals surface area (Å²) in [5.74, 6) is 0. The Kier molecular flexibility index (Phi) is 0.887. The van der Waals surface area contributed by atoms with Crippen molar-refractivity contribution in [3.05, 3.63) is 12.6 Å². The van der Waals surface area contributed by atoms with Crippen LogP contribution in [0.4, 0.5) is 5.69 Å². The number of aromatic nitrogens is 2. The Morgan fingerprint density at radius 1 is 1.70 bits per heavy atom. The van der Waals surface area contributed by atoms with Crippen molar-refractivity contribution < 1.29 is 4.42 Å². The van der Waals surface area contributed by atoms with Crippen LogP contribution in [0.5, 0.6) is 0 Å². The van der Waals surface area contributed by atoms with Crippen LogP contribution in [0, 0.1) is 0 Å². The molecule has 1 N–H and O–H groups in total. The highest BCUT2D eigenvalue weighted by Gasteiger charge is 2.04. The molecule has 0 saturated carbocycles. The van der Waals surface area contributed by atoms with Crippen molar-refractivity contribution in [3.8, 4) is 0 Å². The average Bonchev–Trinajstić information content (AvgIpc) is 2.44. The summed E-state index contributed by atoms with van der Waals surface area (Å²) < 4.78 is 5.00. The maximum Gasteiger partial charge on any atom is 0.246 e. The van der Waals surface area contributed by atoms with Crippen LogP contribution in [-0.2, 0) is 0 Å². The maximum atomic E-state index is 5.00. The highest BCUT2D eigenvalue weighted by molar-refractivity contribution is 5.82. The van der Waals surface area contributed by atoms with E-state index >= 15 is 0 Å². The molecular formula is C6H5N3O. The van der Waals surface area contributed by atoms with Crippen molar-refractivity contribution in [1.29, 1.82) is 0 Å². The van der Waals surface area contributed by atoms with Gasteiger partial charge >= 0.3 is 0 Å². The van der Waals surface area contributed by atoms with Crippen molar-refractivity contribution in [2.24, 2.45) is 4.99 Å². The molecule has 0 bridgehead atoms. The lowest BCUT2D eigenvalue weighted by molar-refractivity contribution is 0.605. The van der Waals surface area contributed by atoms with Crippen LogP contribution in [0.3, 0.4) is 0 Å². The van der Waals surface area contributed by atoms with Gasteiger partial charge in [0.05, 0.1) is 6.33 Å². The Morgan fingerprint density at radius 2 is 2.60 bits per heavy atom. The first-order valence-corrected chi connectivity index (χ1v) is 2.79. The van der Waals surface area contributed by atoms with E-state index in [1.54, 1.807) is 6.33 Å². The van der Waals surface area contributed by atoms with E-state index in [9.17, 15) is 0 Å². The minimum atomic E-state index is 0.572. The van der Waals surface area contributed by atoms with Gasteiger partial charge in [0.25, 0.3) is 0 Å². The van der Waals surface area contributed by atoms with Crippen LogP contribution < -0.4 is 0 Å². The molecule has 0 fully saturated rings. The fourth-order valence-electron chi connectivity index (χ4n) is 0.841. The Labute approximate surface area is 56.6 Å². The van der Waals surface area contributed by atoms with Gasteiger partial charge in [-0.1, -0.05) is 0 Å². The summed E-state index contributed by atoms with van der Waals surface area (Å²) in [6.45, 7) is 3.38. The summed E-state index contributed by atoms with van der Waals surface area (Å²) in [5.41, 5.74) is 2.07. The molecule has 4 heteroatoms. The van der Waals surface area contributed by atoms with Crippen molar-refractivity contribution in [2.75, 3.05) is 0 Å². The second-order valence-electron chi connectivity index (χ2n) is 1.86. The first-order chi connectivity index (χ1) is 4.92. The van der Waals surface area contributed by atoms with Crippen molar-refractivity contribution in [3.63, 3.8) is 0 Å². The molecule has 50 valence electrons. The number of hydrogen-bond acceptors (Lipinski definition) is 3. The van der Waals surface area contributed by atoms with Crippen LogP contribution in [0.1, 0.15) is 0 Å². The maximum absolute atomic E-state index is 5.00. The molecule has 4 nitrogen and oxygen atoms in total. The fraction of sp³-hybridized carbons (Fsp3) is 0. The lowest BCUT2D eigenvalue weighted by Gasteiger charge is -1.76. The van der Waals surface area contributed by atoms with Crippen molar-refractivity contribution in [1.82, 2.24) is 9.97 Å². The first kappa shape index (κ1) is 5.22. The third-order valence-corrected chi connectivity index (χ3v) is 1.31. The lowest BCUT2D eigenvalue weighted by Crippen LogP contribution is -1.57. The molecule has 0 aromatic carbocycles. The summed E-state index contributed by atoms with van der Waals surface area (Å²) >= 11 is 0. The number of aliphatic imine (C=N–C) groups is 1. The molecule has 0 spiro atoms. The quantitative estimate of drug-likeness (QED) is 0.602. The van der Waals surface area contributed by atoms with Crippen LogP contribution in [0.15, 0.2) is 22.0 Å². The molecule has 0 aliphatic rings. The molecule has 2 heterocycles. The number of nitrogens with one attached hydrogen (secondary N) is 1. The van der Waals surface area contributed by atoms with Gasteiger partial charge in [-0.2, -0.15) is 0 Å². The third kappa shape index (κ3) is 0.500. The minimum Gasteiger partial charge on any atom is -0.443 e. The van der Waals surface area contributed by atoms with Crippen LogP contribution in [0.25, 0.3) is 11.2 Å². The van der Waals surface area contributed by atoms with Gasteiger partial charge in [0.2, 0.25) is 5.71 Å². The number of rotatable bonds is 1. The number of aromatic amines is 1. The summed E-state index contributed by atoms with van der Waals surface area (Å²) in [6.07, 6.45) is 3.07. The summed E-state index contributed by atoms with van der Waals surface area (Å²) in [7, 11) is 0. The molecule has 0 saturated heterocycles. The number of fused-ring (bicyclic) bond motifs is 1. The zero-order valence-corrected chi connectivity index (χ0v) is 5.16. The number of imidazole rings is 1. The van der Waals surface area contributed by atoms with Gasteiger partial charge in [0.15, 0.2) is 0 Å². The topological polar surface area (TPSA) is 54.2 Å². The molecule has 0 aliphatic heterocycles. The molecule has 2 aromatic rings. The Morgan fingerprint density at radius 3 is 3.40 bits per heavy atom. The molecule has 2 aromatic heterocycles. The van der Waals surface area contributed by atoms with Gasteiger partial charge < -0.3 is 9.40 Å². The zero-order chi connectivity index (χ0) is 6.97. The molecule has 0 unspecified atom stereocenters. The zero-order valence-electron chi connectivity index (χ0n) is 5.16. The molecule has 2 rings (SSSR count). The molecule has 0 radical (unpaired) electrons. The Hall–Kier alpha value is -1.58. The van der Waals surface area contributed by atoms with Gasteiger partial charge in [-0.3, -0.25) is 4.99 Å². The van der Waals surface area contributed by atoms with E-state index in [1.165, 1.54) is 6.26 Å². The molecule has 0 amide bonds. The van der Waals surface area contributed by atoms with Gasteiger partial charge in [-0.25, -0.2) is 4.98 Å². The fourth-order valence-corrected chi connectivity index (χ4v) is 0.841. The van der Waals surface area contributed by atoms with E-state index in [0.29, 0.717) is 11.4 Å². The molecule has 10 heavy (non-hydrogen) atoms. The van der Waals surface area contributed by atoms with Crippen molar-refractivity contribution in [2.45, 2.75) is 0 Å².